The second-order valence-corrected chi connectivity index (χ2v) is 8.95. The number of hydrogen-bond acceptors (Lipinski definition) is 4. The summed E-state index contributed by atoms with van der Waals surface area (Å²) in [6.07, 6.45) is 2.32. The van der Waals surface area contributed by atoms with E-state index >= 15 is 0 Å². The Hall–Kier alpha value is -2.15. The molecule has 0 saturated carbocycles. The van der Waals surface area contributed by atoms with Crippen LogP contribution in [-0.2, 0) is 0 Å². The standard InChI is InChI=1S/C23H26ClN3O2S/c1-3-27-12-4-5-16(27)14-25-23(28)21-22(30-18-9-6-15(24)7-10-18)19-11-8-17(29-2)13-20(19)26-21/h6-11,13,16,26H,3-5,12,14H2,1-2H3,(H,25,28)/t16-/m0/s1. The number of hydrogen-bond donors (Lipinski definition) is 2. The van der Waals surface area contributed by atoms with Crippen molar-refractivity contribution in [3.63, 3.8) is 0 Å². The SMILES string of the molecule is CCN1CCC[C@H]1CNC(=O)c1[nH]c2cc(OC)ccc2c1Sc1ccc(Cl)cc1. The Morgan fingerprint density at radius 1 is 1.30 bits per heavy atom. The minimum Gasteiger partial charge on any atom is -0.497 e. The van der Waals surface area contributed by atoms with Gasteiger partial charge in [0.2, 0.25) is 0 Å². The molecule has 1 atom stereocenters. The van der Waals surface area contributed by atoms with Crippen molar-refractivity contribution >= 4 is 40.2 Å². The molecule has 3 aromatic rings. The predicted octanol–water partition coefficient (Wildman–Crippen LogP) is 5.20. The summed E-state index contributed by atoms with van der Waals surface area (Å²) < 4.78 is 5.35. The molecule has 1 amide bonds. The van der Waals surface area contributed by atoms with Crippen molar-refractivity contribution in [2.75, 3.05) is 26.7 Å². The molecule has 0 unspecified atom stereocenters. The lowest BCUT2D eigenvalue weighted by molar-refractivity contribution is 0.0934. The molecule has 2 aromatic carbocycles. The number of carbonyl (C=O) groups is 1. The number of nitrogens with zero attached hydrogens (tertiary/aromatic N) is 1. The zero-order valence-corrected chi connectivity index (χ0v) is 18.8. The summed E-state index contributed by atoms with van der Waals surface area (Å²) in [4.78, 5) is 20.8. The van der Waals surface area contributed by atoms with Gasteiger partial charge in [-0.25, -0.2) is 0 Å². The molecular formula is C23H26ClN3O2S. The van der Waals surface area contributed by atoms with Gasteiger partial charge >= 0.3 is 0 Å². The summed E-state index contributed by atoms with van der Waals surface area (Å²) in [5.41, 5.74) is 1.46. The number of H-pyrrole nitrogens is 1. The smallest absolute Gasteiger partial charge is 0.268 e. The maximum atomic E-state index is 13.2. The second-order valence-electron chi connectivity index (χ2n) is 7.43. The number of ether oxygens (including phenoxy) is 1. The molecule has 0 aliphatic carbocycles. The van der Waals surface area contributed by atoms with E-state index in [0.717, 1.165) is 46.0 Å². The van der Waals surface area contributed by atoms with Crippen LogP contribution in [0.1, 0.15) is 30.3 Å². The van der Waals surface area contributed by atoms with Gasteiger partial charge in [0, 0.05) is 34.0 Å². The minimum atomic E-state index is -0.0791. The molecule has 1 fully saturated rings. The normalized spacial score (nSPS) is 16.8. The summed E-state index contributed by atoms with van der Waals surface area (Å²) in [6, 6.07) is 13.9. The van der Waals surface area contributed by atoms with E-state index in [2.05, 4.69) is 22.1 Å². The van der Waals surface area contributed by atoms with E-state index in [-0.39, 0.29) is 5.91 Å². The first-order valence-electron chi connectivity index (χ1n) is 10.2. The largest absolute Gasteiger partial charge is 0.497 e. The van der Waals surface area contributed by atoms with Crippen molar-refractivity contribution in [1.29, 1.82) is 0 Å². The van der Waals surface area contributed by atoms with Crippen molar-refractivity contribution < 1.29 is 9.53 Å². The van der Waals surface area contributed by atoms with Gasteiger partial charge in [0.15, 0.2) is 0 Å². The molecular weight excluding hydrogens is 418 g/mol. The molecule has 1 aliphatic heterocycles. The lowest BCUT2D eigenvalue weighted by atomic mass is 10.2. The number of methoxy groups -OCH3 is 1. The molecule has 1 aliphatic rings. The van der Waals surface area contributed by atoms with E-state index in [9.17, 15) is 4.79 Å². The highest BCUT2D eigenvalue weighted by Gasteiger charge is 2.25. The van der Waals surface area contributed by atoms with Gasteiger partial charge in [0.25, 0.3) is 5.91 Å². The number of likely N-dealkylation sites (N-methyl/N-ethyl adjacent to an activating group) is 1. The number of carbonyl (C=O) groups excluding carboxylic acids is 1. The average Bonchev–Trinajstić information content (AvgIpc) is 3.37. The molecule has 0 radical (unpaired) electrons. The molecule has 1 aromatic heterocycles. The van der Waals surface area contributed by atoms with Crippen LogP contribution in [-0.4, -0.2) is 48.6 Å². The van der Waals surface area contributed by atoms with Gasteiger partial charge in [0.1, 0.15) is 11.4 Å². The van der Waals surface area contributed by atoms with Crippen molar-refractivity contribution in [2.24, 2.45) is 0 Å². The van der Waals surface area contributed by atoms with Crippen LogP contribution < -0.4 is 10.1 Å². The van der Waals surface area contributed by atoms with E-state index in [4.69, 9.17) is 16.3 Å². The Labute approximate surface area is 186 Å². The Kier molecular flexibility index (Phi) is 6.56. The fraction of sp³-hybridized carbons (Fsp3) is 0.348. The maximum absolute atomic E-state index is 13.2. The zero-order valence-electron chi connectivity index (χ0n) is 17.2. The van der Waals surface area contributed by atoms with Crippen molar-refractivity contribution in [2.45, 2.75) is 35.6 Å². The second kappa shape index (κ2) is 9.33. The molecule has 1 saturated heterocycles. The van der Waals surface area contributed by atoms with Gasteiger partial charge in [-0.3, -0.25) is 9.69 Å². The molecule has 2 heterocycles. The zero-order chi connectivity index (χ0) is 21.1. The lowest BCUT2D eigenvalue weighted by Gasteiger charge is -2.22. The number of aromatic amines is 1. The Morgan fingerprint density at radius 3 is 2.83 bits per heavy atom. The monoisotopic (exact) mass is 443 g/mol. The fourth-order valence-electron chi connectivity index (χ4n) is 4.01. The predicted molar refractivity (Wildman–Crippen MR) is 123 cm³/mol. The Morgan fingerprint density at radius 2 is 2.10 bits per heavy atom. The quantitative estimate of drug-likeness (QED) is 0.527. The molecule has 5 nitrogen and oxygen atoms in total. The highest BCUT2D eigenvalue weighted by Crippen LogP contribution is 2.38. The van der Waals surface area contributed by atoms with Gasteiger partial charge in [0.05, 0.1) is 17.5 Å². The van der Waals surface area contributed by atoms with Crippen molar-refractivity contribution in [3.8, 4) is 5.75 Å². The number of benzene rings is 2. The molecule has 2 N–H and O–H groups in total. The summed E-state index contributed by atoms with van der Waals surface area (Å²) in [6.45, 7) is 4.97. The number of halogens is 1. The molecule has 30 heavy (non-hydrogen) atoms. The number of amides is 1. The van der Waals surface area contributed by atoms with Gasteiger partial charge in [-0.05, 0) is 62.3 Å². The van der Waals surface area contributed by atoms with Gasteiger partial charge < -0.3 is 15.0 Å². The number of aromatic nitrogens is 1. The van der Waals surface area contributed by atoms with Crippen molar-refractivity contribution in [1.82, 2.24) is 15.2 Å². The first-order chi connectivity index (χ1) is 14.6. The van der Waals surface area contributed by atoms with Crippen molar-refractivity contribution in [3.05, 3.63) is 53.2 Å². The Balaban J connectivity index is 1.63. The summed E-state index contributed by atoms with van der Waals surface area (Å²) in [7, 11) is 1.64. The van der Waals surface area contributed by atoms with E-state index < -0.39 is 0 Å². The molecule has 0 spiro atoms. The van der Waals surface area contributed by atoms with Crippen LogP contribution in [0.2, 0.25) is 5.02 Å². The highest BCUT2D eigenvalue weighted by atomic mass is 35.5. The summed E-state index contributed by atoms with van der Waals surface area (Å²) >= 11 is 7.60. The third-order valence-electron chi connectivity index (χ3n) is 5.62. The van der Waals surface area contributed by atoms with Gasteiger partial charge in [-0.15, -0.1) is 0 Å². The van der Waals surface area contributed by atoms with E-state index in [1.807, 2.05) is 42.5 Å². The average molecular weight is 444 g/mol. The first-order valence-corrected chi connectivity index (χ1v) is 11.4. The molecule has 4 rings (SSSR count). The number of likely N-dealkylation sites (tertiary alicyclic amines) is 1. The topological polar surface area (TPSA) is 57.4 Å². The van der Waals surface area contributed by atoms with Gasteiger partial charge in [-0.2, -0.15) is 0 Å². The van der Waals surface area contributed by atoms with Crippen LogP contribution in [0.25, 0.3) is 10.9 Å². The number of nitrogens with one attached hydrogen (secondary N) is 2. The van der Waals surface area contributed by atoms with E-state index in [0.29, 0.717) is 23.3 Å². The lowest BCUT2D eigenvalue weighted by Crippen LogP contribution is -2.40. The number of rotatable bonds is 7. The van der Waals surface area contributed by atoms with Crippen LogP contribution in [0.15, 0.2) is 52.3 Å². The van der Waals surface area contributed by atoms with Crippen LogP contribution in [0, 0.1) is 0 Å². The summed E-state index contributed by atoms with van der Waals surface area (Å²) in [5, 5.41) is 4.84. The maximum Gasteiger partial charge on any atom is 0.268 e. The summed E-state index contributed by atoms with van der Waals surface area (Å²) in [5.74, 6) is 0.674. The first kappa shape index (κ1) is 21.1. The molecule has 158 valence electrons. The van der Waals surface area contributed by atoms with Gasteiger partial charge in [-0.1, -0.05) is 30.3 Å². The van der Waals surface area contributed by atoms with Crippen LogP contribution in [0.5, 0.6) is 5.75 Å². The number of fused-ring (bicyclic) bond motifs is 1. The van der Waals surface area contributed by atoms with Crippen LogP contribution >= 0.6 is 23.4 Å². The van der Waals surface area contributed by atoms with E-state index in [1.165, 1.54) is 6.42 Å². The van der Waals surface area contributed by atoms with E-state index in [1.54, 1.807) is 18.9 Å². The fourth-order valence-corrected chi connectivity index (χ4v) is 5.17. The van der Waals surface area contributed by atoms with Crippen LogP contribution in [0.3, 0.4) is 0 Å². The third-order valence-corrected chi connectivity index (χ3v) is 7.01. The van der Waals surface area contributed by atoms with Crippen LogP contribution in [0.4, 0.5) is 0 Å². The Bertz CT molecular complexity index is 1030. The molecule has 7 heteroatoms. The highest BCUT2D eigenvalue weighted by molar-refractivity contribution is 7.99. The minimum absolute atomic E-state index is 0.0791. The molecule has 0 bridgehead atoms. The third kappa shape index (κ3) is 4.46.